The Morgan fingerprint density at radius 3 is 2.48 bits per heavy atom. The summed E-state index contributed by atoms with van der Waals surface area (Å²) < 4.78 is 0. The number of carboxylic acids is 1. The van der Waals surface area contributed by atoms with E-state index >= 15 is 0 Å². The van der Waals surface area contributed by atoms with Gasteiger partial charge in [0.2, 0.25) is 5.91 Å². The second-order valence-corrected chi connectivity index (χ2v) is 5.96. The molecular formula is C19H23NO3. The van der Waals surface area contributed by atoms with E-state index < -0.39 is 12.0 Å². The Labute approximate surface area is 136 Å². The number of hydrogen-bond acceptors (Lipinski definition) is 2. The van der Waals surface area contributed by atoms with Gasteiger partial charge in [0.1, 0.15) is 0 Å². The molecule has 0 heterocycles. The van der Waals surface area contributed by atoms with E-state index in [0.29, 0.717) is 0 Å². The van der Waals surface area contributed by atoms with Gasteiger partial charge in [-0.05, 0) is 28.8 Å². The highest BCUT2D eigenvalue weighted by atomic mass is 16.4. The van der Waals surface area contributed by atoms with Crippen molar-refractivity contribution in [3.63, 3.8) is 0 Å². The second-order valence-electron chi connectivity index (χ2n) is 5.96. The zero-order valence-electron chi connectivity index (χ0n) is 13.6. The maximum atomic E-state index is 12.3. The van der Waals surface area contributed by atoms with Gasteiger partial charge in [0.15, 0.2) is 0 Å². The molecule has 0 saturated carbocycles. The molecule has 122 valence electrons. The number of amides is 1. The average molecular weight is 313 g/mol. The van der Waals surface area contributed by atoms with Crippen LogP contribution in [0.3, 0.4) is 0 Å². The highest BCUT2D eigenvalue weighted by Crippen LogP contribution is 2.23. The minimum absolute atomic E-state index is 0.0914. The molecule has 0 aromatic heterocycles. The summed E-state index contributed by atoms with van der Waals surface area (Å²) in [6, 6.07) is 13.2. The van der Waals surface area contributed by atoms with Gasteiger partial charge in [-0.25, -0.2) is 0 Å². The quantitative estimate of drug-likeness (QED) is 0.814. The van der Waals surface area contributed by atoms with Crippen LogP contribution in [0.2, 0.25) is 0 Å². The van der Waals surface area contributed by atoms with Crippen molar-refractivity contribution in [2.45, 2.75) is 39.2 Å². The summed E-state index contributed by atoms with van der Waals surface area (Å²) in [5, 5.41) is 14.2. The first-order chi connectivity index (χ1) is 11.0. The molecule has 4 nitrogen and oxygen atoms in total. The Bertz CT molecular complexity index is 696. The van der Waals surface area contributed by atoms with E-state index in [2.05, 4.69) is 5.32 Å². The summed E-state index contributed by atoms with van der Waals surface area (Å²) in [5.74, 6) is -1.13. The van der Waals surface area contributed by atoms with Crippen molar-refractivity contribution in [3.05, 3.63) is 48.0 Å². The Morgan fingerprint density at radius 1 is 1.13 bits per heavy atom. The number of benzene rings is 2. The van der Waals surface area contributed by atoms with E-state index in [1.807, 2.05) is 56.3 Å². The molecule has 2 aromatic rings. The lowest BCUT2D eigenvalue weighted by molar-refractivity contribution is -0.137. The minimum atomic E-state index is -0.924. The third kappa shape index (κ3) is 4.55. The van der Waals surface area contributed by atoms with E-state index in [-0.39, 0.29) is 18.2 Å². The van der Waals surface area contributed by atoms with Crippen LogP contribution in [-0.4, -0.2) is 17.0 Å². The van der Waals surface area contributed by atoms with Gasteiger partial charge in [-0.2, -0.15) is 0 Å². The summed E-state index contributed by atoms with van der Waals surface area (Å²) in [7, 11) is 0. The standard InChI is InChI=1S/C19H23NO3/c1-3-6-13(2)19(23)20-17(12-18(21)22)16-10-9-14-7-4-5-8-15(14)11-16/h4-5,7-11,13,17H,3,6,12H2,1-2H3,(H,20,23)(H,21,22)/t13?,17-/m0/s1. The van der Waals surface area contributed by atoms with Crippen molar-refractivity contribution in [1.82, 2.24) is 5.32 Å². The van der Waals surface area contributed by atoms with E-state index in [1.54, 1.807) is 0 Å². The first kappa shape index (κ1) is 17.0. The largest absolute Gasteiger partial charge is 0.481 e. The summed E-state index contributed by atoms with van der Waals surface area (Å²) >= 11 is 0. The maximum Gasteiger partial charge on any atom is 0.305 e. The number of fused-ring (bicyclic) bond motifs is 1. The molecule has 2 rings (SSSR count). The first-order valence-corrected chi connectivity index (χ1v) is 8.02. The lowest BCUT2D eigenvalue weighted by atomic mass is 9.98. The average Bonchev–Trinajstić information content (AvgIpc) is 2.53. The van der Waals surface area contributed by atoms with Crippen LogP contribution < -0.4 is 5.32 Å². The van der Waals surface area contributed by atoms with Crippen LogP contribution in [-0.2, 0) is 9.59 Å². The zero-order valence-corrected chi connectivity index (χ0v) is 13.6. The van der Waals surface area contributed by atoms with Crippen molar-refractivity contribution < 1.29 is 14.7 Å². The fraction of sp³-hybridized carbons (Fsp3) is 0.368. The third-order valence-corrected chi connectivity index (χ3v) is 4.04. The zero-order chi connectivity index (χ0) is 16.8. The second kappa shape index (κ2) is 7.77. The number of carbonyl (C=O) groups is 2. The van der Waals surface area contributed by atoms with E-state index in [1.165, 1.54) is 0 Å². The molecule has 0 spiro atoms. The molecule has 2 aromatic carbocycles. The topological polar surface area (TPSA) is 66.4 Å². The van der Waals surface area contributed by atoms with Crippen molar-refractivity contribution in [2.75, 3.05) is 0 Å². The van der Waals surface area contributed by atoms with Crippen LogP contribution in [0.5, 0.6) is 0 Å². The Hall–Kier alpha value is -2.36. The van der Waals surface area contributed by atoms with Crippen LogP contribution in [0.15, 0.2) is 42.5 Å². The minimum Gasteiger partial charge on any atom is -0.481 e. The molecular weight excluding hydrogens is 290 g/mol. The van der Waals surface area contributed by atoms with Crippen LogP contribution >= 0.6 is 0 Å². The Kier molecular flexibility index (Phi) is 5.74. The third-order valence-electron chi connectivity index (χ3n) is 4.04. The fourth-order valence-electron chi connectivity index (χ4n) is 2.73. The molecule has 1 amide bonds. The summed E-state index contributed by atoms with van der Waals surface area (Å²) in [4.78, 5) is 23.4. The number of aliphatic carboxylic acids is 1. The van der Waals surface area contributed by atoms with Crippen LogP contribution in [0.25, 0.3) is 10.8 Å². The smallest absolute Gasteiger partial charge is 0.305 e. The normalized spacial score (nSPS) is 13.5. The van der Waals surface area contributed by atoms with Crippen molar-refractivity contribution in [2.24, 2.45) is 5.92 Å². The number of nitrogens with one attached hydrogen (secondary N) is 1. The van der Waals surface area contributed by atoms with E-state index in [0.717, 1.165) is 29.2 Å². The summed E-state index contributed by atoms with van der Waals surface area (Å²) in [6.45, 7) is 3.90. The van der Waals surface area contributed by atoms with Gasteiger partial charge < -0.3 is 10.4 Å². The number of rotatable bonds is 7. The lowest BCUT2D eigenvalue weighted by Crippen LogP contribution is -2.34. The molecule has 4 heteroatoms. The van der Waals surface area contributed by atoms with Gasteiger partial charge in [-0.15, -0.1) is 0 Å². The molecule has 2 N–H and O–H groups in total. The highest BCUT2D eigenvalue weighted by Gasteiger charge is 2.21. The van der Waals surface area contributed by atoms with Crippen LogP contribution in [0.4, 0.5) is 0 Å². The molecule has 0 radical (unpaired) electrons. The Balaban J connectivity index is 2.25. The lowest BCUT2D eigenvalue weighted by Gasteiger charge is -2.20. The van der Waals surface area contributed by atoms with E-state index in [9.17, 15) is 9.59 Å². The number of carbonyl (C=O) groups excluding carboxylic acids is 1. The summed E-state index contributed by atoms with van der Waals surface area (Å²) in [6.07, 6.45) is 1.60. The first-order valence-electron chi connectivity index (χ1n) is 8.02. The number of carboxylic acid groups (broad SMARTS) is 1. The fourth-order valence-corrected chi connectivity index (χ4v) is 2.73. The van der Waals surface area contributed by atoms with Crippen LogP contribution in [0, 0.1) is 5.92 Å². The molecule has 1 unspecified atom stereocenters. The molecule has 0 aliphatic heterocycles. The number of hydrogen-bond donors (Lipinski definition) is 2. The predicted molar refractivity (Wildman–Crippen MR) is 91.2 cm³/mol. The molecule has 0 aliphatic rings. The van der Waals surface area contributed by atoms with Gasteiger partial charge in [-0.1, -0.05) is 56.7 Å². The molecule has 2 atom stereocenters. The summed E-state index contributed by atoms with van der Waals surface area (Å²) in [5.41, 5.74) is 0.822. The van der Waals surface area contributed by atoms with Gasteiger partial charge in [0.25, 0.3) is 0 Å². The maximum absolute atomic E-state index is 12.3. The van der Waals surface area contributed by atoms with Gasteiger partial charge in [0.05, 0.1) is 12.5 Å². The Morgan fingerprint density at radius 2 is 1.83 bits per heavy atom. The molecule has 0 bridgehead atoms. The van der Waals surface area contributed by atoms with Gasteiger partial charge in [0, 0.05) is 5.92 Å². The van der Waals surface area contributed by atoms with Crippen molar-refractivity contribution in [1.29, 1.82) is 0 Å². The van der Waals surface area contributed by atoms with Crippen molar-refractivity contribution in [3.8, 4) is 0 Å². The predicted octanol–water partition coefficient (Wildman–Crippen LogP) is 3.91. The van der Waals surface area contributed by atoms with Gasteiger partial charge >= 0.3 is 5.97 Å². The molecule has 23 heavy (non-hydrogen) atoms. The molecule has 0 saturated heterocycles. The SMILES string of the molecule is CCCC(C)C(=O)N[C@@H](CC(=O)O)c1ccc2ccccc2c1. The van der Waals surface area contributed by atoms with E-state index in [4.69, 9.17) is 5.11 Å². The molecule has 0 aliphatic carbocycles. The molecule has 0 fully saturated rings. The highest BCUT2D eigenvalue weighted by molar-refractivity contribution is 5.84. The van der Waals surface area contributed by atoms with Crippen LogP contribution in [0.1, 0.15) is 44.7 Å². The van der Waals surface area contributed by atoms with Crippen molar-refractivity contribution >= 4 is 22.6 Å². The monoisotopic (exact) mass is 313 g/mol. The van der Waals surface area contributed by atoms with Gasteiger partial charge in [-0.3, -0.25) is 9.59 Å².